The molecule has 0 amide bonds. The van der Waals surface area contributed by atoms with Crippen LogP contribution in [-0.4, -0.2) is 16.4 Å². The Morgan fingerprint density at radius 2 is 1.11 bits per heavy atom. The van der Waals surface area contributed by atoms with E-state index < -0.39 is 19.4 Å². The zero-order valence-electron chi connectivity index (χ0n) is 4.43. The van der Waals surface area contributed by atoms with Gasteiger partial charge in [0.25, 0.3) is 0 Å². The third-order valence-corrected chi connectivity index (χ3v) is 0. The van der Waals surface area contributed by atoms with Crippen LogP contribution in [0.1, 0.15) is 0 Å². The fourth-order valence-corrected chi connectivity index (χ4v) is 0. The molecule has 62 valence electrons. The van der Waals surface area contributed by atoms with Crippen molar-refractivity contribution >= 4 is 6.16 Å². The second-order valence-corrected chi connectivity index (χ2v) is 2.89. The van der Waals surface area contributed by atoms with Gasteiger partial charge in [-0.15, -0.1) is 0 Å². The molecule has 0 saturated heterocycles. The molecule has 0 aromatic rings. The molecule has 0 saturated carbocycles. The summed E-state index contributed by atoms with van der Waals surface area (Å²) in [5.41, 5.74) is 0. The average Bonchev–Trinajstić information content (AvgIpc) is 1.19. The van der Waals surface area contributed by atoms with E-state index in [2.05, 4.69) is 0 Å². The number of rotatable bonds is 0. The minimum atomic E-state index is -2.25. The van der Waals surface area contributed by atoms with E-state index in [4.69, 9.17) is 34.3 Å². The minimum absolute atomic E-state index is 1.83. The van der Waals surface area contributed by atoms with E-state index in [1.165, 1.54) is 0 Å². The predicted molar refractivity (Wildman–Crippen MR) is 27.4 cm³/mol. The van der Waals surface area contributed by atoms with Crippen molar-refractivity contribution in [2.75, 3.05) is 0 Å². The second kappa shape index (κ2) is 4.48. The number of hydrogen-bond donors (Lipinski definition) is 6. The van der Waals surface area contributed by atoms with Gasteiger partial charge in [0.2, 0.25) is 0 Å². The van der Waals surface area contributed by atoms with Crippen molar-refractivity contribution in [3.05, 3.63) is 0 Å². The molecule has 9 heavy (non-hydrogen) atoms. The number of hydrogen-bond acceptors (Lipinski definition) is 5. The quantitative estimate of drug-likeness (QED) is 0.234. The standard InChI is InChI=1S/CH2O3.4H2N.Ni/c2-1(3)4;;;;;/h(H2,2,3,4);4*1H2;/q;4*-1;+4. The first-order valence-corrected chi connectivity index (χ1v) is 3.66. The molecule has 0 aliphatic heterocycles. The van der Waals surface area contributed by atoms with E-state index in [1.807, 2.05) is 0 Å². The summed E-state index contributed by atoms with van der Waals surface area (Å²) in [4.78, 5) is 27.7. The maximum absolute atomic E-state index is 8.56. The van der Waals surface area contributed by atoms with Crippen LogP contribution in [-0.2, 0) is 13.2 Å². The summed E-state index contributed by atoms with van der Waals surface area (Å²) in [7, 11) is 0. The van der Waals surface area contributed by atoms with Crippen molar-refractivity contribution in [1.82, 2.24) is 0 Å². The summed E-state index contributed by atoms with van der Waals surface area (Å²) >= 11 is -2.25. The van der Waals surface area contributed by atoms with E-state index >= 15 is 0 Å². The molecule has 0 aliphatic rings. The van der Waals surface area contributed by atoms with Gasteiger partial charge in [-0.3, -0.25) is 0 Å². The third kappa shape index (κ3) is 1520. The van der Waals surface area contributed by atoms with Gasteiger partial charge in [-0.05, 0) is 0 Å². The predicted octanol–water partition coefficient (Wildman–Crippen LogP) is -2.14. The third-order valence-electron chi connectivity index (χ3n) is 0. The van der Waals surface area contributed by atoms with Crippen LogP contribution in [0.15, 0.2) is 0 Å². The fraction of sp³-hybridized carbons (Fsp3) is 0. The van der Waals surface area contributed by atoms with Crippen LogP contribution >= 0.6 is 0 Å². The summed E-state index contributed by atoms with van der Waals surface area (Å²) in [6, 6.07) is 0. The second-order valence-electron chi connectivity index (χ2n) is 0.915. The Labute approximate surface area is 54.5 Å². The number of carboxylic acid groups (broad SMARTS) is 2. The van der Waals surface area contributed by atoms with E-state index in [0.717, 1.165) is 0 Å². The first-order valence-electron chi connectivity index (χ1n) is 1.38. The van der Waals surface area contributed by atoms with Crippen LogP contribution in [0.2, 0.25) is 0 Å². The van der Waals surface area contributed by atoms with Crippen molar-refractivity contribution in [2.24, 2.45) is 19.3 Å². The Hall–Kier alpha value is -0.396. The first kappa shape index (κ1) is 11.4. The molecule has 7 nitrogen and oxygen atoms in total. The monoisotopic (exact) mass is 184 g/mol. The Bertz CT molecular complexity index is 78.3. The summed E-state index contributed by atoms with van der Waals surface area (Å²) in [6.45, 7) is 0. The molecule has 0 spiro atoms. The van der Waals surface area contributed by atoms with Gasteiger partial charge in [-0.2, -0.15) is 0 Å². The zero-order valence-corrected chi connectivity index (χ0v) is 5.42. The molecule has 0 rings (SSSR count). The first-order chi connectivity index (χ1) is 3.73. The van der Waals surface area contributed by atoms with Gasteiger partial charge >= 0.3 is 38.7 Å². The summed E-state index contributed by atoms with van der Waals surface area (Å²) < 4.78 is 0. The summed E-state index contributed by atoms with van der Waals surface area (Å²) in [6.07, 6.45) is -1.83. The van der Waals surface area contributed by atoms with Crippen molar-refractivity contribution < 1.29 is 28.2 Å². The van der Waals surface area contributed by atoms with Gasteiger partial charge in [-0.25, -0.2) is 4.79 Å². The Kier molecular flexibility index (Phi) is 5.68. The van der Waals surface area contributed by atoms with E-state index in [9.17, 15) is 0 Å². The molecule has 0 fully saturated rings. The number of nitrogens with two attached hydrogens (primary N) is 4. The molecule has 0 unspecified atom stereocenters. The Morgan fingerprint density at radius 3 is 1.11 bits per heavy atom. The van der Waals surface area contributed by atoms with Crippen LogP contribution in [0, 0.1) is 0 Å². The van der Waals surface area contributed by atoms with Crippen molar-refractivity contribution in [1.29, 1.82) is 0 Å². The molecular formula is CH10N4NiO3. The Balaban J connectivity index is 0. The molecule has 0 atom stereocenters. The number of carbonyl (C=O) groups is 1. The molecule has 0 aromatic carbocycles. The summed E-state index contributed by atoms with van der Waals surface area (Å²) in [5, 5.41) is 13.9. The molecule has 10 N–H and O–H groups in total. The van der Waals surface area contributed by atoms with Gasteiger partial charge < -0.3 is 10.2 Å². The zero-order chi connectivity index (χ0) is 8.08. The summed E-state index contributed by atoms with van der Waals surface area (Å²) in [5.74, 6) is 0. The molecule has 0 heterocycles. The molecule has 0 aromatic heterocycles. The Morgan fingerprint density at radius 1 is 1.11 bits per heavy atom. The van der Waals surface area contributed by atoms with Crippen molar-refractivity contribution in [3.8, 4) is 0 Å². The van der Waals surface area contributed by atoms with Crippen LogP contribution in [0.4, 0.5) is 4.79 Å². The van der Waals surface area contributed by atoms with E-state index in [-0.39, 0.29) is 0 Å². The molecule has 0 radical (unpaired) electrons. The van der Waals surface area contributed by atoms with Gasteiger partial charge in [0.05, 0.1) is 0 Å². The topological polar surface area (TPSA) is 162 Å². The van der Waals surface area contributed by atoms with Gasteiger partial charge in [0.15, 0.2) is 0 Å². The van der Waals surface area contributed by atoms with Crippen LogP contribution in [0.25, 0.3) is 0 Å². The fourth-order valence-electron chi connectivity index (χ4n) is 0. The molecule has 0 aliphatic carbocycles. The van der Waals surface area contributed by atoms with Crippen LogP contribution < -0.4 is 19.3 Å². The SMILES string of the molecule is O=C(O)O.[NH2][Ni]([NH2])([NH2])[NH2]. The molecule has 8 heteroatoms. The van der Waals surface area contributed by atoms with E-state index in [1.54, 1.807) is 0 Å². The maximum atomic E-state index is 8.56. The van der Waals surface area contributed by atoms with Crippen LogP contribution in [0.5, 0.6) is 0 Å². The molecular weight excluding hydrogens is 175 g/mol. The van der Waals surface area contributed by atoms with Crippen molar-refractivity contribution in [2.45, 2.75) is 0 Å². The van der Waals surface area contributed by atoms with Gasteiger partial charge in [0.1, 0.15) is 0 Å². The van der Waals surface area contributed by atoms with E-state index in [0.29, 0.717) is 0 Å². The normalized spacial score (nSPS) is 11.1. The van der Waals surface area contributed by atoms with Crippen LogP contribution in [0.3, 0.4) is 0 Å². The van der Waals surface area contributed by atoms with Gasteiger partial charge in [-0.1, -0.05) is 0 Å². The van der Waals surface area contributed by atoms with Gasteiger partial charge in [0, 0.05) is 0 Å². The van der Waals surface area contributed by atoms with Crippen molar-refractivity contribution in [3.63, 3.8) is 0 Å². The molecule has 0 bridgehead atoms. The average molecular weight is 185 g/mol.